The highest BCUT2D eigenvalue weighted by atomic mass is 19.1. The molecular weight excluding hydrogens is 553 g/mol. The van der Waals surface area contributed by atoms with Crippen LogP contribution in [-0.4, -0.2) is 80.2 Å². The maximum atomic E-state index is 14.4. The molecule has 13 heteroatoms. The zero-order chi connectivity index (χ0) is 30.2. The van der Waals surface area contributed by atoms with Crippen molar-refractivity contribution in [1.82, 2.24) is 29.9 Å². The van der Waals surface area contributed by atoms with Crippen LogP contribution in [0.4, 0.5) is 21.7 Å². The number of carbonyl (C=O) groups is 1. The Morgan fingerprint density at radius 3 is 2.60 bits per heavy atom. The van der Waals surface area contributed by atoms with E-state index in [0.29, 0.717) is 39.8 Å². The molecule has 1 spiro atoms. The van der Waals surface area contributed by atoms with Crippen LogP contribution in [-0.2, 0) is 4.74 Å². The number of nitrogens with zero attached hydrogens (tertiary/aromatic N) is 7. The number of nitrogens with one attached hydrogen (secondary N) is 2. The molecule has 2 aliphatic heterocycles. The van der Waals surface area contributed by atoms with Gasteiger partial charge in [0.15, 0.2) is 0 Å². The molecule has 2 fully saturated rings. The summed E-state index contributed by atoms with van der Waals surface area (Å²) in [6.07, 6.45) is 6.60. The Balaban J connectivity index is 1.26. The van der Waals surface area contributed by atoms with Crippen molar-refractivity contribution in [2.45, 2.75) is 38.5 Å². The second-order valence-corrected chi connectivity index (χ2v) is 11.7. The molecule has 0 saturated carbocycles. The van der Waals surface area contributed by atoms with Crippen LogP contribution in [0, 0.1) is 16.7 Å². The monoisotopic (exact) mass is 585 g/mol. The first-order valence-electron chi connectivity index (χ1n) is 14.1. The van der Waals surface area contributed by atoms with E-state index in [2.05, 4.69) is 41.7 Å². The Hall–Kier alpha value is -4.67. The first-order valence-corrected chi connectivity index (χ1v) is 14.1. The molecule has 222 valence electrons. The van der Waals surface area contributed by atoms with Crippen LogP contribution in [0.15, 0.2) is 49.1 Å². The zero-order valence-corrected chi connectivity index (χ0v) is 23.9. The van der Waals surface area contributed by atoms with Crippen LogP contribution in [0.3, 0.4) is 0 Å². The molecule has 0 aliphatic carbocycles. The second-order valence-electron chi connectivity index (χ2n) is 11.7. The van der Waals surface area contributed by atoms with Gasteiger partial charge in [0.1, 0.15) is 12.2 Å². The Morgan fingerprint density at radius 1 is 1.16 bits per heavy atom. The van der Waals surface area contributed by atoms with Crippen LogP contribution >= 0.6 is 0 Å². The summed E-state index contributed by atoms with van der Waals surface area (Å²) in [5, 5.41) is 29.3. The van der Waals surface area contributed by atoms with Gasteiger partial charge in [-0.2, -0.15) is 10.4 Å². The lowest BCUT2D eigenvalue weighted by Gasteiger charge is -2.52. The lowest BCUT2D eigenvalue weighted by atomic mass is 9.73. The van der Waals surface area contributed by atoms with E-state index in [4.69, 9.17) is 4.74 Å². The number of pyridine rings is 1. The van der Waals surface area contributed by atoms with Crippen molar-refractivity contribution in [3.8, 4) is 17.5 Å². The molecule has 2 aliphatic rings. The largest absolute Gasteiger partial charge is 0.387 e. The van der Waals surface area contributed by atoms with Gasteiger partial charge < -0.3 is 25.4 Å². The number of aliphatic hydroxyl groups is 1. The predicted molar refractivity (Wildman–Crippen MR) is 157 cm³/mol. The number of anilines is 3. The lowest BCUT2D eigenvalue weighted by Crippen LogP contribution is -2.59. The lowest BCUT2D eigenvalue weighted by molar-refractivity contribution is -0.00182. The fraction of sp³-hybridized carbons (Fsp3) is 0.400. The van der Waals surface area contributed by atoms with Crippen molar-refractivity contribution in [1.29, 1.82) is 5.26 Å². The van der Waals surface area contributed by atoms with Gasteiger partial charge >= 0.3 is 0 Å². The SMILES string of the molecule is CC(C)(O)[C@H](F)CNC(=O)c1cnc(-c2ccc3cc(C#N)cnn23)cc1Nc1cnc(N2CC3(CCOCC3)C2)nc1. The van der Waals surface area contributed by atoms with Crippen molar-refractivity contribution in [2.24, 2.45) is 5.41 Å². The van der Waals surface area contributed by atoms with E-state index in [9.17, 15) is 19.6 Å². The molecule has 0 bridgehead atoms. The first-order chi connectivity index (χ1) is 20.6. The van der Waals surface area contributed by atoms with Crippen molar-refractivity contribution in [2.75, 3.05) is 43.1 Å². The molecule has 12 nitrogen and oxygen atoms in total. The van der Waals surface area contributed by atoms with Gasteiger partial charge in [0.25, 0.3) is 5.91 Å². The van der Waals surface area contributed by atoms with Gasteiger partial charge in [-0.1, -0.05) is 0 Å². The predicted octanol–water partition coefficient (Wildman–Crippen LogP) is 3.26. The molecule has 4 aromatic heterocycles. The first kappa shape index (κ1) is 28.4. The number of amides is 1. The molecule has 0 unspecified atom stereocenters. The summed E-state index contributed by atoms with van der Waals surface area (Å²) in [6, 6.07) is 9.13. The third-order valence-corrected chi connectivity index (χ3v) is 8.05. The van der Waals surface area contributed by atoms with Crippen molar-refractivity contribution in [3.05, 3.63) is 60.2 Å². The summed E-state index contributed by atoms with van der Waals surface area (Å²) in [6.45, 7) is 5.69. The number of hydrogen-bond acceptors (Lipinski definition) is 10. The number of hydrogen-bond donors (Lipinski definition) is 3. The molecule has 6 heterocycles. The zero-order valence-electron chi connectivity index (χ0n) is 23.9. The normalized spacial score (nSPS) is 16.9. The number of nitriles is 1. The summed E-state index contributed by atoms with van der Waals surface area (Å²) in [7, 11) is 0. The Labute approximate surface area is 247 Å². The minimum absolute atomic E-state index is 0.167. The number of alkyl halides is 1. The van der Waals surface area contributed by atoms with Crippen molar-refractivity contribution >= 4 is 28.7 Å². The number of rotatable bonds is 8. The molecule has 0 radical (unpaired) electrons. The van der Waals surface area contributed by atoms with Crippen molar-refractivity contribution < 1.29 is 19.0 Å². The average molecular weight is 586 g/mol. The molecule has 1 amide bonds. The van der Waals surface area contributed by atoms with Gasteiger partial charge in [-0.05, 0) is 51.0 Å². The van der Waals surface area contributed by atoms with Crippen LogP contribution in [0.2, 0.25) is 0 Å². The number of ether oxygens (including phenoxy) is 1. The van der Waals surface area contributed by atoms with E-state index in [-0.39, 0.29) is 17.5 Å². The summed E-state index contributed by atoms with van der Waals surface area (Å²) >= 11 is 0. The maximum Gasteiger partial charge on any atom is 0.255 e. The molecule has 2 saturated heterocycles. The van der Waals surface area contributed by atoms with Gasteiger partial charge in [-0.25, -0.2) is 18.9 Å². The van der Waals surface area contributed by atoms with Crippen LogP contribution in [0.5, 0.6) is 0 Å². The topological polar surface area (TPSA) is 154 Å². The Bertz CT molecular complexity index is 1680. The number of halogens is 1. The van der Waals surface area contributed by atoms with E-state index in [1.165, 1.54) is 26.2 Å². The Morgan fingerprint density at radius 2 is 1.91 bits per heavy atom. The fourth-order valence-corrected chi connectivity index (χ4v) is 5.39. The van der Waals surface area contributed by atoms with E-state index in [0.717, 1.165) is 39.1 Å². The fourth-order valence-electron chi connectivity index (χ4n) is 5.39. The second kappa shape index (κ2) is 11.2. The van der Waals surface area contributed by atoms with Crippen LogP contribution < -0.4 is 15.5 Å². The minimum Gasteiger partial charge on any atom is -0.387 e. The maximum absolute atomic E-state index is 14.4. The van der Waals surface area contributed by atoms with Gasteiger partial charge in [0.2, 0.25) is 5.95 Å². The molecule has 3 N–H and O–H groups in total. The van der Waals surface area contributed by atoms with Crippen molar-refractivity contribution in [3.63, 3.8) is 0 Å². The number of carbonyl (C=O) groups excluding carboxylic acids is 1. The van der Waals surface area contributed by atoms with E-state index >= 15 is 0 Å². The average Bonchev–Trinajstić information content (AvgIpc) is 3.42. The van der Waals surface area contributed by atoms with Gasteiger partial charge in [-0.3, -0.25) is 9.78 Å². The van der Waals surface area contributed by atoms with Gasteiger partial charge in [0, 0.05) is 37.9 Å². The van der Waals surface area contributed by atoms with Gasteiger partial charge in [-0.15, -0.1) is 0 Å². The standard InChI is InChI=1S/C30H32FN9O3/c1-29(2,42)26(31)16-34-27(41)22-15-33-24(25-4-3-21-9-19(11-32)12-37-40(21)25)10-23(22)38-20-13-35-28(36-14-20)39-17-30(18-39)5-7-43-8-6-30/h3-4,9-10,12-15,26,42H,5-8,16-18H2,1-2H3,(H,33,38)(H,34,41)/t26-/m1/s1. The molecule has 6 rings (SSSR count). The Kier molecular flexibility index (Phi) is 7.41. The number of aromatic nitrogens is 5. The van der Waals surface area contributed by atoms with Crippen LogP contribution in [0.25, 0.3) is 16.9 Å². The summed E-state index contributed by atoms with van der Waals surface area (Å²) in [5.41, 5.74) is 2.09. The highest BCUT2D eigenvalue weighted by Crippen LogP contribution is 2.41. The molecular formula is C30H32FN9O3. The van der Waals surface area contributed by atoms with E-state index < -0.39 is 17.7 Å². The summed E-state index contributed by atoms with van der Waals surface area (Å²) in [4.78, 5) is 28.9. The smallest absolute Gasteiger partial charge is 0.255 e. The third-order valence-electron chi connectivity index (χ3n) is 8.05. The third kappa shape index (κ3) is 5.84. The molecule has 1 atom stereocenters. The molecule has 4 aromatic rings. The highest BCUT2D eigenvalue weighted by molar-refractivity contribution is 6.00. The highest BCUT2D eigenvalue weighted by Gasteiger charge is 2.44. The summed E-state index contributed by atoms with van der Waals surface area (Å²) < 4.78 is 21.5. The van der Waals surface area contributed by atoms with E-state index in [1.807, 2.05) is 12.1 Å². The van der Waals surface area contributed by atoms with E-state index in [1.54, 1.807) is 29.0 Å². The quantitative estimate of drug-likeness (QED) is 0.281. The molecule has 43 heavy (non-hydrogen) atoms. The van der Waals surface area contributed by atoms with Crippen LogP contribution in [0.1, 0.15) is 42.6 Å². The van der Waals surface area contributed by atoms with Gasteiger partial charge in [0.05, 0.1) is 70.1 Å². The minimum atomic E-state index is -1.67. The summed E-state index contributed by atoms with van der Waals surface area (Å²) in [5.74, 6) is 0.0734. The molecule has 0 aromatic carbocycles. The number of fused-ring (bicyclic) bond motifs is 1.